The molecule has 0 atom stereocenters. The molecule has 30 heavy (non-hydrogen) atoms. The van der Waals surface area contributed by atoms with Crippen LogP contribution in [0.1, 0.15) is 16.7 Å². The Balaban J connectivity index is 1.88. The summed E-state index contributed by atoms with van der Waals surface area (Å²) in [5.41, 5.74) is -0.578. The Labute approximate surface area is 168 Å². The zero-order valence-electron chi connectivity index (χ0n) is 15.9. The van der Waals surface area contributed by atoms with E-state index in [-0.39, 0.29) is 30.7 Å². The van der Waals surface area contributed by atoms with Gasteiger partial charge in [-0.15, -0.1) is 0 Å². The number of halogens is 4. The van der Waals surface area contributed by atoms with Crippen LogP contribution in [0.2, 0.25) is 0 Å². The Morgan fingerprint density at radius 3 is 2.50 bits per heavy atom. The zero-order chi connectivity index (χ0) is 22.1. The number of fused-ring (bicyclic) bond motifs is 1. The van der Waals surface area contributed by atoms with E-state index < -0.39 is 23.5 Å². The molecule has 3 rings (SSSR count). The molecule has 9 heteroatoms. The van der Waals surface area contributed by atoms with Crippen molar-refractivity contribution in [2.45, 2.75) is 26.1 Å². The standard InChI is InChI=1S/C21H18F4N2O3/c1-12-2-4-15-14(6-7-27(8-9-28)20(15)30)19(12)26-18(29)11-13-3-5-16(17(22)10-13)21(23,24)25/h2-7,10,28H,8-9,11H2,1H3,(H,26,29). The summed E-state index contributed by atoms with van der Waals surface area (Å²) >= 11 is 0. The summed E-state index contributed by atoms with van der Waals surface area (Å²) in [5.74, 6) is -2.01. The maximum atomic E-state index is 13.7. The zero-order valence-corrected chi connectivity index (χ0v) is 15.9. The van der Waals surface area contributed by atoms with Gasteiger partial charge < -0.3 is 15.0 Å². The highest BCUT2D eigenvalue weighted by Gasteiger charge is 2.33. The Morgan fingerprint density at radius 2 is 1.87 bits per heavy atom. The van der Waals surface area contributed by atoms with E-state index in [1.165, 1.54) is 10.8 Å². The molecule has 0 bridgehead atoms. The van der Waals surface area contributed by atoms with Crippen LogP contribution in [-0.4, -0.2) is 22.2 Å². The number of aryl methyl sites for hydroxylation is 1. The molecule has 0 fully saturated rings. The van der Waals surface area contributed by atoms with Crippen molar-refractivity contribution in [1.82, 2.24) is 4.57 Å². The molecule has 1 aromatic heterocycles. The second kappa shape index (κ2) is 8.27. The summed E-state index contributed by atoms with van der Waals surface area (Å²) in [5, 5.41) is 12.5. The molecule has 1 amide bonds. The molecule has 0 saturated carbocycles. The number of aliphatic hydroxyl groups is 1. The molecular formula is C21H18F4N2O3. The van der Waals surface area contributed by atoms with Crippen molar-refractivity contribution in [3.8, 4) is 0 Å². The summed E-state index contributed by atoms with van der Waals surface area (Å²) in [6.45, 7) is 1.65. The van der Waals surface area contributed by atoms with E-state index in [1.54, 1.807) is 25.1 Å². The summed E-state index contributed by atoms with van der Waals surface area (Å²) in [6, 6.07) is 7.24. The van der Waals surface area contributed by atoms with Crippen LogP contribution in [0.4, 0.5) is 23.2 Å². The van der Waals surface area contributed by atoms with Gasteiger partial charge in [0.15, 0.2) is 0 Å². The monoisotopic (exact) mass is 422 g/mol. The van der Waals surface area contributed by atoms with Crippen LogP contribution in [0.5, 0.6) is 0 Å². The first-order valence-electron chi connectivity index (χ1n) is 9.01. The van der Waals surface area contributed by atoms with Crippen LogP contribution in [0, 0.1) is 12.7 Å². The number of hydrogen-bond donors (Lipinski definition) is 2. The van der Waals surface area contributed by atoms with E-state index in [0.29, 0.717) is 34.2 Å². The molecule has 5 nitrogen and oxygen atoms in total. The van der Waals surface area contributed by atoms with Gasteiger partial charge in [-0.3, -0.25) is 9.59 Å². The lowest BCUT2D eigenvalue weighted by molar-refractivity contribution is -0.140. The van der Waals surface area contributed by atoms with Crippen LogP contribution in [0.15, 0.2) is 47.4 Å². The third-order valence-corrected chi connectivity index (χ3v) is 4.68. The van der Waals surface area contributed by atoms with Crippen LogP contribution < -0.4 is 10.9 Å². The number of hydrogen-bond acceptors (Lipinski definition) is 3. The molecule has 0 unspecified atom stereocenters. The first-order chi connectivity index (χ1) is 14.1. The first kappa shape index (κ1) is 21.5. The van der Waals surface area contributed by atoms with E-state index in [0.717, 1.165) is 6.07 Å². The minimum atomic E-state index is -4.81. The lowest BCUT2D eigenvalue weighted by Gasteiger charge is -2.14. The van der Waals surface area contributed by atoms with Crippen LogP contribution >= 0.6 is 0 Å². The van der Waals surface area contributed by atoms with Gasteiger partial charge >= 0.3 is 6.18 Å². The van der Waals surface area contributed by atoms with Crippen molar-refractivity contribution in [2.75, 3.05) is 11.9 Å². The number of nitrogens with zero attached hydrogens (tertiary/aromatic N) is 1. The highest BCUT2D eigenvalue weighted by Crippen LogP contribution is 2.32. The Hall–Kier alpha value is -3.20. The number of alkyl halides is 3. The quantitative estimate of drug-likeness (QED) is 0.617. The van der Waals surface area contributed by atoms with Gasteiger partial charge in [-0.2, -0.15) is 13.2 Å². The maximum Gasteiger partial charge on any atom is 0.419 e. The maximum absolute atomic E-state index is 13.7. The molecule has 0 spiro atoms. The lowest BCUT2D eigenvalue weighted by atomic mass is 10.0. The highest BCUT2D eigenvalue weighted by atomic mass is 19.4. The van der Waals surface area contributed by atoms with Crippen molar-refractivity contribution in [1.29, 1.82) is 0 Å². The van der Waals surface area contributed by atoms with E-state index in [9.17, 15) is 27.2 Å². The lowest BCUT2D eigenvalue weighted by Crippen LogP contribution is -2.22. The number of amides is 1. The minimum Gasteiger partial charge on any atom is -0.395 e. The predicted octanol–water partition coefficient (Wildman–Crippen LogP) is 3.64. The second-order valence-corrected chi connectivity index (χ2v) is 6.79. The van der Waals surface area contributed by atoms with Crippen molar-refractivity contribution in [2.24, 2.45) is 0 Å². The molecule has 0 aliphatic carbocycles. The molecule has 0 aliphatic rings. The largest absolute Gasteiger partial charge is 0.419 e. The molecule has 0 radical (unpaired) electrons. The topological polar surface area (TPSA) is 71.3 Å². The highest BCUT2D eigenvalue weighted by molar-refractivity contribution is 6.03. The number of aliphatic hydroxyl groups excluding tert-OH is 1. The molecule has 158 valence electrons. The number of rotatable bonds is 5. The van der Waals surface area contributed by atoms with Crippen molar-refractivity contribution in [3.63, 3.8) is 0 Å². The fourth-order valence-corrected chi connectivity index (χ4v) is 3.19. The van der Waals surface area contributed by atoms with E-state index in [2.05, 4.69) is 5.32 Å². The number of carbonyl (C=O) groups excluding carboxylic acids is 1. The number of benzene rings is 2. The van der Waals surface area contributed by atoms with Crippen LogP contribution in [-0.2, 0) is 23.9 Å². The molecule has 2 aromatic carbocycles. The minimum absolute atomic E-state index is 0.0844. The third-order valence-electron chi connectivity index (χ3n) is 4.68. The van der Waals surface area contributed by atoms with Gasteiger partial charge in [0.05, 0.1) is 24.3 Å². The molecule has 3 aromatic rings. The number of carbonyl (C=O) groups is 1. The summed E-state index contributed by atoms with van der Waals surface area (Å²) < 4.78 is 53.1. The van der Waals surface area contributed by atoms with Gasteiger partial charge in [0.2, 0.25) is 5.91 Å². The fraction of sp³-hybridized carbons (Fsp3) is 0.238. The first-order valence-corrected chi connectivity index (χ1v) is 9.01. The number of anilines is 1. The fourth-order valence-electron chi connectivity index (χ4n) is 3.19. The van der Waals surface area contributed by atoms with Crippen LogP contribution in [0.3, 0.4) is 0 Å². The van der Waals surface area contributed by atoms with Crippen molar-refractivity contribution >= 4 is 22.4 Å². The summed E-state index contributed by atoms with van der Waals surface area (Å²) in [7, 11) is 0. The average Bonchev–Trinajstić information content (AvgIpc) is 2.65. The SMILES string of the molecule is Cc1ccc2c(=O)n(CCO)ccc2c1NC(=O)Cc1ccc(C(F)(F)F)c(F)c1. The second-order valence-electron chi connectivity index (χ2n) is 6.79. The van der Waals surface area contributed by atoms with Crippen molar-refractivity contribution in [3.05, 3.63) is 75.5 Å². The summed E-state index contributed by atoms with van der Waals surface area (Å²) in [6.07, 6.45) is -3.65. The van der Waals surface area contributed by atoms with E-state index >= 15 is 0 Å². The predicted molar refractivity (Wildman–Crippen MR) is 104 cm³/mol. The van der Waals surface area contributed by atoms with Gasteiger partial charge in [0.1, 0.15) is 5.82 Å². The molecule has 2 N–H and O–H groups in total. The normalized spacial score (nSPS) is 11.7. The average molecular weight is 422 g/mol. The van der Waals surface area contributed by atoms with E-state index in [1.807, 2.05) is 0 Å². The smallest absolute Gasteiger partial charge is 0.395 e. The van der Waals surface area contributed by atoms with E-state index in [4.69, 9.17) is 5.11 Å². The number of pyridine rings is 1. The molecule has 1 heterocycles. The van der Waals surface area contributed by atoms with Gasteiger partial charge in [-0.05, 0) is 42.3 Å². The third kappa shape index (κ3) is 4.35. The Morgan fingerprint density at radius 1 is 1.13 bits per heavy atom. The van der Waals surface area contributed by atoms with Crippen LogP contribution in [0.25, 0.3) is 10.8 Å². The van der Waals surface area contributed by atoms with Gasteiger partial charge in [0.25, 0.3) is 5.56 Å². The van der Waals surface area contributed by atoms with Gasteiger partial charge in [0, 0.05) is 23.5 Å². The Bertz CT molecular complexity index is 1170. The molecule has 0 aliphatic heterocycles. The van der Waals surface area contributed by atoms with Crippen molar-refractivity contribution < 1.29 is 27.5 Å². The number of nitrogens with one attached hydrogen (secondary N) is 1. The Kier molecular flexibility index (Phi) is 5.93. The van der Waals surface area contributed by atoms with Gasteiger partial charge in [-0.1, -0.05) is 12.1 Å². The van der Waals surface area contributed by atoms with Gasteiger partial charge in [-0.25, -0.2) is 4.39 Å². The summed E-state index contributed by atoms with van der Waals surface area (Å²) in [4.78, 5) is 25.0. The molecular weight excluding hydrogens is 404 g/mol. The number of aromatic nitrogens is 1. The molecule has 0 saturated heterocycles.